The zero-order valence-corrected chi connectivity index (χ0v) is 28.1. The average molecular weight is 643 g/mol. The Morgan fingerprint density at radius 1 is 0.625 bits per heavy atom. The van der Waals surface area contributed by atoms with Gasteiger partial charge in [0.1, 0.15) is 5.69 Å². The van der Waals surface area contributed by atoms with Crippen LogP contribution in [0.15, 0.2) is 133 Å². The molecule has 2 heterocycles. The Balaban J connectivity index is 1.35. The van der Waals surface area contributed by atoms with Crippen LogP contribution in [0.4, 0.5) is 0 Å². The van der Waals surface area contributed by atoms with Gasteiger partial charge in [-0.15, -0.1) is 11.3 Å². The van der Waals surface area contributed by atoms with E-state index < -0.39 is 0 Å². The molecule has 2 nitrogen and oxygen atoms in total. The van der Waals surface area contributed by atoms with E-state index >= 15 is 0 Å². The molecular weight excluding hydrogens is 601 g/mol. The van der Waals surface area contributed by atoms with Crippen molar-refractivity contribution in [2.45, 2.75) is 39.5 Å². The van der Waals surface area contributed by atoms with Crippen LogP contribution in [0.3, 0.4) is 0 Å². The Kier molecular flexibility index (Phi) is 5.58. The molecule has 0 spiro atoms. The fourth-order valence-corrected chi connectivity index (χ4v) is 8.69. The van der Waals surface area contributed by atoms with Gasteiger partial charge in [-0.05, 0) is 80.9 Å². The van der Waals surface area contributed by atoms with Crippen molar-refractivity contribution in [1.82, 2.24) is 4.98 Å². The number of imidazole rings is 1. The number of rotatable bonds is 5. The molecule has 0 fully saturated rings. The first-order valence-corrected chi connectivity index (χ1v) is 17.4. The van der Waals surface area contributed by atoms with Crippen molar-refractivity contribution in [3.63, 3.8) is 0 Å². The van der Waals surface area contributed by atoms with E-state index in [2.05, 4.69) is 116 Å². The highest BCUT2D eigenvalue weighted by Crippen LogP contribution is 2.44. The number of aromatic nitrogens is 2. The summed E-state index contributed by atoms with van der Waals surface area (Å²) in [7, 11) is 0. The van der Waals surface area contributed by atoms with Gasteiger partial charge < -0.3 is 0 Å². The second kappa shape index (κ2) is 11.2. The van der Waals surface area contributed by atoms with Crippen molar-refractivity contribution >= 4 is 64.1 Å². The van der Waals surface area contributed by atoms with Crippen molar-refractivity contribution in [1.29, 1.82) is 0 Å². The molecule has 0 aliphatic heterocycles. The van der Waals surface area contributed by atoms with Gasteiger partial charge in [-0.3, -0.25) is 0 Å². The van der Waals surface area contributed by atoms with Crippen LogP contribution in [0, 0.1) is 0 Å². The molecule has 0 radical (unpaired) electrons. The maximum atomic E-state index is 8.78. The van der Waals surface area contributed by atoms with Gasteiger partial charge in [0, 0.05) is 26.6 Å². The number of benzene rings is 7. The first kappa shape index (κ1) is 24.0. The van der Waals surface area contributed by atoms with Crippen LogP contribution in [-0.2, 0) is 0 Å². The number of H-pyrrole nitrogens is 1. The van der Waals surface area contributed by atoms with E-state index in [4.69, 9.17) is 6.85 Å². The number of aromatic amines is 1. The molecule has 0 aliphatic carbocycles. The van der Waals surface area contributed by atoms with E-state index in [1.54, 1.807) is 11.3 Å². The van der Waals surface area contributed by atoms with Crippen LogP contribution in [0.25, 0.3) is 81.0 Å². The Bertz CT molecular complexity index is 2920. The zero-order valence-electron chi connectivity index (χ0n) is 32.3. The minimum Gasteiger partial charge on any atom is -0.236 e. The Labute approximate surface area is 292 Å². The topological polar surface area (TPSA) is 19.7 Å². The number of hydrogen-bond donors (Lipinski definition) is 1. The molecule has 0 bridgehead atoms. The zero-order chi connectivity index (χ0) is 36.9. The predicted molar refractivity (Wildman–Crippen MR) is 207 cm³/mol. The predicted octanol–water partition coefficient (Wildman–Crippen LogP) is 12.7. The van der Waals surface area contributed by atoms with E-state index in [-0.39, 0.29) is 35.8 Å². The van der Waals surface area contributed by atoms with E-state index in [1.807, 2.05) is 24.3 Å². The van der Waals surface area contributed by atoms with Gasteiger partial charge in [0.25, 0.3) is 5.82 Å². The summed E-state index contributed by atoms with van der Waals surface area (Å²) in [6.07, 6.45) is 0. The van der Waals surface area contributed by atoms with E-state index in [1.165, 1.54) is 26.9 Å². The Morgan fingerprint density at radius 2 is 1.31 bits per heavy atom. The fraction of sp³-hybridized carbons (Fsp3) is 0.133. The average Bonchev–Trinajstić information content (AvgIpc) is 3.73. The summed E-state index contributed by atoms with van der Waals surface area (Å²) in [5.74, 6) is 1.69. The number of nitrogens with zero attached hydrogens (tertiary/aromatic N) is 1. The summed E-state index contributed by atoms with van der Waals surface area (Å²) >= 11 is 1.76. The minimum atomic E-state index is -0.388. The SMILES string of the molecule is [2H]c1c([2H])c([2H])c(-c2cc3cc4sc5c(-c6[nH]c7ccccc7[n+]6-c6c(C(C)C)cccc6C(C)C)cccc5c4cc3c3ccccc23)c([2H])c1[2H]. The van der Waals surface area contributed by atoms with Crippen molar-refractivity contribution in [2.75, 3.05) is 0 Å². The van der Waals surface area contributed by atoms with Gasteiger partial charge in [-0.25, -0.2) is 4.98 Å². The monoisotopic (exact) mass is 642 g/mol. The molecule has 0 aliphatic rings. The number of hydrogen-bond acceptors (Lipinski definition) is 1. The molecule has 0 unspecified atom stereocenters. The van der Waals surface area contributed by atoms with Gasteiger partial charge in [0.2, 0.25) is 0 Å². The van der Waals surface area contributed by atoms with Crippen LogP contribution in [0.2, 0.25) is 0 Å². The van der Waals surface area contributed by atoms with Gasteiger partial charge >= 0.3 is 0 Å². The standard InChI is InChI=1S/C45H36N2S/c1-27(2)31-18-12-19-32(28(3)4)43(31)47-41-23-11-10-22-40(41)46-45(47)36-21-13-20-35-39-26-38-30(25-42(39)48-44(35)36)24-37(29-14-6-5-7-15-29)33-16-8-9-17-34(33)38/h5-28H,1-4H3/p+1/i5D,6D,7D,14D,15D. The summed E-state index contributed by atoms with van der Waals surface area (Å²) in [5, 5.41) is 6.18. The van der Waals surface area contributed by atoms with Crippen LogP contribution in [-0.4, -0.2) is 4.98 Å². The number of fused-ring (bicyclic) bond motifs is 7. The maximum absolute atomic E-state index is 8.78. The lowest BCUT2D eigenvalue weighted by Crippen LogP contribution is -2.35. The second-order valence-corrected chi connectivity index (χ2v) is 14.3. The summed E-state index contributed by atoms with van der Waals surface area (Å²) < 4.78 is 47.2. The molecule has 9 aromatic rings. The summed E-state index contributed by atoms with van der Waals surface area (Å²) in [6, 6.07) is 34.9. The molecule has 48 heavy (non-hydrogen) atoms. The molecule has 0 saturated heterocycles. The van der Waals surface area contributed by atoms with E-state index in [0.29, 0.717) is 17.4 Å². The lowest BCUT2D eigenvalue weighted by molar-refractivity contribution is -0.556. The summed E-state index contributed by atoms with van der Waals surface area (Å²) in [5.41, 5.74) is 8.04. The quantitative estimate of drug-likeness (QED) is 0.142. The fourth-order valence-electron chi connectivity index (χ4n) is 7.44. The van der Waals surface area contributed by atoms with Crippen LogP contribution in [0.1, 0.15) is 57.5 Å². The molecule has 232 valence electrons. The third kappa shape index (κ3) is 4.42. The number of thiophene rings is 1. The molecule has 3 heteroatoms. The lowest BCUT2D eigenvalue weighted by Gasteiger charge is -2.18. The van der Waals surface area contributed by atoms with E-state index in [0.717, 1.165) is 54.1 Å². The third-order valence-corrected chi connectivity index (χ3v) is 10.9. The highest BCUT2D eigenvalue weighted by atomic mass is 32.1. The van der Waals surface area contributed by atoms with Gasteiger partial charge in [-0.1, -0.05) is 125 Å². The number of nitrogens with one attached hydrogen (secondary N) is 1. The summed E-state index contributed by atoms with van der Waals surface area (Å²) in [4.78, 5) is 3.84. The van der Waals surface area contributed by atoms with Crippen LogP contribution >= 0.6 is 11.3 Å². The van der Waals surface area contributed by atoms with Crippen molar-refractivity contribution < 1.29 is 11.4 Å². The normalized spacial score (nSPS) is 13.6. The molecule has 0 atom stereocenters. The van der Waals surface area contributed by atoms with Crippen molar-refractivity contribution in [2.24, 2.45) is 0 Å². The number of para-hydroxylation sites is 3. The third-order valence-electron chi connectivity index (χ3n) is 9.69. The van der Waals surface area contributed by atoms with Crippen molar-refractivity contribution in [3.05, 3.63) is 144 Å². The van der Waals surface area contributed by atoms with Crippen LogP contribution < -0.4 is 4.57 Å². The molecule has 2 aromatic heterocycles. The molecule has 1 N–H and O–H groups in total. The molecule has 0 saturated carbocycles. The lowest BCUT2D eigenvalue weighted by atomic mass is 9.92. The molecule has 0 amide bonds. The highest BCUT2D eigenvalue weighted by Gasteiger charge is 2.29. The molecule has 9 rings (SSSR count). The smallest absolute Gasteiger partial charge is 0.236 e. The first-order chi connectivity index (χ1) is 25.5. The minimum absolute atomic E-state index is 0.195. The molecular formula is C45H37N2S+. The van der Waals surface area contributed by atoms with Crippen molar-refractivity contribution in [3.8, 4) is 28.2 Å². The highest BCUT2D eigenvalue weighted by molar-refractivity contribution is 7.26. The first-order valence-electron chi connectivity index (χ1n) is 19.1. The van der Waals surface area contributed by atoms with Gasteiger partial charge in [0.15, 0.2) is 11.0 Å². The summed E-state index contributed by atoms with van der Waals surface area (Å²) in [6.45, 7) is 9.06. The van der Waals surface area contributed by atoms with E-state index in [9.17, 15) is 0 Å². The largest absolute Gasteiger partial charge is 0.294 e. The van der Waals surface area contributed by atoms with Crippen LogP contribution in [0.5, 0.6) is 0 Å². The maximum Gasteiger partial charge on any atom is 0.294 e. The Hall–Kier alpha value is -5.25. The van der Waals surface area contributed by atoms with Gasteiger partial charge in [0.05, 0.1) is 17.1 Å². The molecule has 7 aromatic carbocycles. The Morgan fingerprint density at radius 3 is 2.08 bits per heavy atom. The van der Waals surface area contributed by atoms with Gasteiger partial charge in [-0.2, -0.15) is 4.57 Å². The second-order valence-electron chi connectivity index (χ2n) is 13.2.